The van der Waals surface area contributed by atoms with Crippen LogP contribution in [-0.4, -0.2) is 19.9 Å². The summed E-state index contributed by atoms with van der Waals surface area (Å²) in [6.07, 6.45) is 5.21. The van der Waals surface area contributed by atoms with Crippen LogP contribution in [0.2, 0.25) is 0 Å². The number of rotatable bonds is 6. The molecule has 1 aliphatic rings. The molecule has 2 heterocycles. The molecule has 6 aromatic carbocycles. The number of para-hydroxylation sites is 2. The van der Waals surface area contributed by atoms with Crippen molar-refractivity contribution in [1.82, 2.24) is 19.9 Å². The summed E-state index contributed by atoms with van der Waals surface area (Å²) in [5, 5.41) is 12.5. The van der Waals surface area contributed by atoms with Crippen LogP contribution in [0.15, 0.2) is 164 Å². The lowest BCUT2D eigenvalue weighted by atomic mass is 9.80. The number of nitrogens with zero attached hydrogens (tertiary/aromatic N) is 5. The van der Waals surface area contributed by atoms with Gasteiger partial charge in [-0.3, -0.25) is 0 Å². The molecule has 0 saturated heterocycles. The van der Waals surface area contributed by atoms with E-state index in [-0.39, 0.29) is 5.92 Å². The summed E-state index contributed by atoms with van der Waals surface area (Å²) in [6.45, 7) is 2.22. The summed E-state index contributed by atoms with van der Waals surface area (Å²) in [6, 6.07) is 53.7. The van der Waals surface area contributed by atoms with E-state index in [1.54, 1.807) is 0 Å². The Labute approximate surface area is 308 Å². The van der Waals surface area contributed by atoms with Gasteiger partial charge in [0.2, 0.25) is 0 Å². The molecule has 0 radical (unpaired) electrons. The molecule has 8 aromatic rings. The quantitative estimate of drug-likeness (QED) is 0.175. The zero-order valence-corrected chi connectivity index (χ0v) is 29.1. The minimum absolute atomic E-state index is 0.168. The van der Waals surface area contributed by atoms with Gasteiger partial charge in [0.15, 0.2) is 11.6 Å². The van der Waals surface area contributed by atoms with Gasteiger partial charge in [-0.05, 0) is 59.4 Å². The number of hydrogen-bond acceptors (Lipinski definition) is 5. The molecule has 5 heteroatoms. The first-order valence-electron chi connectivity index (χ1n) is 17.9. The Hall–Kier alpha value is -7.03. The molecule has 0 bridgehead atoms. The average molecular weight is 680 g/mol. The van der Waals surface area contributed by atoms with Gasteiger partial charge in [0, 0.05) is 38.6 Å². The van der Waals surface area contributed by atoms with E-state index in [9.17, 15) is 5.26 Å². The van der Waals surface area contributed by atoms with Crippen LogP contribution in [0.5, 0.6) is 0 Å². The highest BCUT2D eigenvalue weighted by molar-refractivity contribution is 5.97. The molecule has 0 fully saturated rings. The number of hydrogen-bond donors (Lipinski definition) is 0. The van der Waals surface area contributed by atoms with Crippen molar-refractivity contribution in [3.63, 3.8) is 0 Å². The third-order valence-corrected chi connectivity index (χ3v) is 10.00. The van der Waals surface area contributed by atoms with E-state index >= 15 is 0 Å². The largest absolute Gasteiger partial charge is 0.228 e. The van der Waals surface area contributed by atoms with Crippen molar-refractivity contribution in [3.05, 3.63) is 181 Å². The lowest BCUT2D eigenvalue weighted by molar-refractivity contribution is 0.760. The van der Waals surface area contributed by atoms with Crippen molar-refractivity contribution in [3.8, 4) is 51.1 Å². The van der Waals surface area contributed by atoms with E-state index in [1.807, 2.05) is 91.0 Å². The summed E-state index contributed by atoms with van der Waals surface area (Å²) < 4.78 is 0. The first-order valence-corrected chi connectivity index (χ1v) is 17.9. The monoisotopic (exact) mass is 679 g/mol. The summed E-state index contributed by atoms with van der Waals surface area (Å²) in [5.41, 5.74) is 12.2. The predicted molar refractivity (Wildman–Crippen MR) is 215 cm³/mol. The Morgan fingerprint density at radius 1 is 0.547 bits per heavy atom. The maximum atomic E-state index is 10.5. The van der Waals surface area contributed by atoms with Crippen LogP contribution in [-0.2, 0) is 0 Å². The summed E-state index contributed by atoms with van der Waals surface area (Å²) in [5.74, 6) is 1.50. The molecule has 0 amide bonds. The third-order valence-electron chi connectivity index (χ3n) is 10.00. The number of aromatic nitrogens is 4. The van der Waals surface area contributed by atoms with Gasteiger partial charge in [-0.25, -0.2) is 19.9 Å². The van der Waals surface area contributed by atoms with Crippen LogP contribution in [0.25, 0.3) is 78.0 Å². The van der Waals surface area contributed by atoms with Gasteiger partial charge in [-0.1, -0.05) is 140 Å². The molecular weight excluding hydrogens is 647 g/mol. The standard InChI is InChI=1S/C48H33N5/c1-31-26-27-36(48-51-43-25-11-9-22-40(43)46(53-48)33-16-6-3-7-17-33)29-41(31)44-37(30-49)20-13-23-38(44)34-18-12-19-35(28-34)47-50-42-24-10-8-21-39(42)45(52-47)32-14-4-2-5-15-32/h2-25,27-29,31H,26H2,1H3/t31-/m0/s1. The van der Waals surface area contributed by atoms with Crippen molar-refractivity contribution >= 4 is 33.0 Å². The van der Waals surface area contributed by atoms with Gasteiger partial charge in [-0.15, -0.1) is 0 Å². The van der Waals surface area contributed by atoms with Gasteiger partial charge in [-0.2, -0.15) is 5.26 Å². The van der Waals surface area contributed by atoms with E-state index in [4.69, 9.17) is 19.9 Å². The second-order valence-corrected chi connectivity index (χ2v) is 13.4. The molecule has 53 heavy (non-hydrogen) atoms. The molecule has 250 valence electrons. The van der Waals surface area contributed by atoms with Gasteiger partial charge < -0.3 is 0 Å². The van der Waals surface area contributed by atoms with E-state index in [0.29, 0.717) is 17.2 Å². The highest BCUT2D eigenvalue weighted by Gasteiger charge is 2.24. The predicted octanol–water partition coefficient (Wildman–Crippen LogP) is 11.6. The van der Waals surface area contributed by atoms with Crippen LogP contribution < -0.4 is 0 Å². The lowest BCUT2D eigenvalue weighted by Gasteiger charge is -2.24. The van der Waals surface area contributed by atoms with Crippen LogP contribution in [0.1, 0.15) is 30.3 Å². The maximum Gasteiger partial charge on any atom is 0.160 e. The molecule has 0 spiro atoms. The molecule has 5 nitrogen and oxygen atoms in total. The molecule has 2 aromatic heterocycles. The normalized spacial score (nSPS) is 14.1. The summed E-state index contributed by atoms with van der Waals surface area (Å²) in [4.78, 5) is 20.4. The number of allylic oxidation sites excluding steroid dienone is 4. The Bertz CT molecular complexity index is 2780. The minimum Gasteiger partial charge on any atom is -0.228 e. The highest BCUT2D eigenvalue weighted by atomic mass is 14.9. The van der Waals surface area contributed by atoms with Crippen LogP contribution >= 0.6 is 0 Å². The Balaban J connectivity index is 1.17. The average Bonchev–Trinajstić information content (AvgIpc) is 3.23. The zero-order valence-electron chi connectivity index (χ0n) is 29.1. The number of benzene rings is 6. The zero-order chi connectivity index (χ0) is 35.7. The van der Waals surface area contributed by atoms with E-state index in [0.717, 1.165) is 84.1 Å². The minimum atomic E-state index is 0.168. The van der Waals surface area contributed by atoms with Gasteiger partial charge in [0.1, 0.15) is 0 Å². The van der Waals surface area contributed by atoms with Crippen molar-refractivity contribution in [2.45, 2.75) is 13.3 Å². The second kappa shape index (κ2) is 13.6. The van der Waals surface area contributed by atoms with Crippen molar-refractivity contribution in [1.29, 1.82) is 5.26 Å². The molecule has 0 unspecified atom stereocenters. The molecular formula is C48H33N5. The molecule has 0 aliphatic heterocycles. The first kappa shape index (κ1) is 31.9. The first-order chi connectivity index (χ1) is 26.1. The van der Waals surface area contributed by atoms with E-state index in [2.05, 4.69) is 85.8 Å². The van der Waals surface area contributed by atoms with Crippen molar-refractivity contribution < 1.29 is 0 Å². The van der Waals surface area contributed by atoms with Crippen molar-refractivity contribution in [2.24, 2.45) is 5.92 Å². The Morgan fingerprint density at radius 2 is 1.09 bits per heavy atom. The number of nitriles is 1. The van der Waals surface area contributed by atoms with Gasteiger partial charge in [0.05, 0.1) is 34.1 Å². The molecule has 0 saturated carbocycles. The molecule has 1 atom stereocenters. The SMILES string of the molecule is C[C@H]1CC=C(c2nc(-c3ccccc3)c3ccccc3n2)C=C1c1c(C#N)cccc1-c1cccc(-c2nc(-c3ccccc3)c3ccccc3n2)c1. The van der Waals surface area contributed by atoms with Crippen LogP contribution in [0, 0.1) is 17.2 Å². The molecule has 9 rings (SSSR count). The van der Waals surface area contributed by atoms with E-state index in [1.165, 1.54) is 0 Å². The molecule has 0 N–H and O–H groups in total. The molecule has 1 aliphatic carbocycles. The van der Waals surface area contributed by atoms with Crippen LogP contribution in [0.3, 0.4) is 0 Å². The Kier molecular flexibility index (Phi) is 8.19. The summed E-state index contributed by atoms with van der Waals surface area (Å²) in [7, 11) is 0. The lowest BCUT2D eigenvalue weighted by Crippen LogP contribution is -2.08. The maximum absolute atomic E-state index is 10.5. The topological polar surface area (TPSA) is 75.3 Å². The Morgan fingerprint density at radius 3 is 1.75 bits per heavy atom. The number of fused-ring (bicyclic) bond motifs is 2. The fourth-order valence-electron chi connectivity index (χ4n) is 7.34. The van der Waals surface area contributed by atoms with Crippen molar-refractivity contribution in [2.75, 3.05) is 0 Å². The van der Waals surface area contributed by atoms with Crippen LogP contribution in [0.4, 0.5) is 0 Å². The highest BCUT2D eigenvalue weighted by Crippen LogP contribution is 2.42. The van der Waals surface area contributed by atoms with E-state index < -0.39 is 0 Å². The smallest absolute Gasteiger partial charge is 0.160 e. The summed E-state index contributed by atoms with van der Waals surface area (Å²) >= 11 is 0. The third kappa shape index (κ3) is 5.97. The van der Waals surface area contributed by atoms with Gasteiger partial charge in [0.25, 0.3) is 0 Å². The fraction of sp³-hybridized carbons (Fsp3) is 0.0625. The second-order valence-electron chi connectivity index (χ2n) is 13.4. The fourth-order valence-corrected chi connectivity index (χ4v) is 7.34. The van der Waals surface area contributed by atoms with Gasteiger partial charge >= 0.3 is 0 Å².